The van der Waals surface area contributed by atoms with Gasteiger partial charge in [-0.25, -0.2) is 0 Å². The van der Waals surface area contributed by atoms with Crippen molar-refractivity contribution in [2.45, 2.75) is 19.1 Å². The summed E-state index contributed by atoms with van der Waals surface area (Å²) in [6, 6.07) is 13.9. The third-order valence-electron chi connectivity index (χ3n) is 4.26. The number of hydrogen-bond donors (Lipinski definition) is 1. The van der Waals surface area contributed by atoms with Crippen LogP contribution in [0, 0.1) is 5.92 Å². The molecular formula is C19H17F3N2O2. The van der Waals surface area contributed by atoms with E-state index in [0.29, 0.717) is 6.54 Å². The van der Waals surface area contributed by atoms with Gasteiger partial charge >= 0.3 is 6.18 Å². The maximum atomic E-state index is 12.8. The lowest BCUT2D eigenvalue weighted by Crippen LogP contribution is -2.28. The zero-order valence-electron chi connectivity index (χ0n) is 13.8. The average molecular weight is 362 g/mol. The van der Waals surface area contributed by atoms with Crippen LogP contribution < -0.4 is 5.32 Å². The molecule has 1 aliphatic rings. The molecule has 0 spiro atoms. The molecule has 2 aromatic rings. The van der Waals surface area contributed by atoms with Gasteiger partial charge in [0, 0.05) is 25.2 Å². The van der Waals surface area contributed by atoms with Crippen LogP contribution in [0.4, 0.5) is 18.9 Å². The van der Waals surface area contributed by atoms with E-state index < -0.39 is 23.6 Å². The molecule has 136 valence electrons. The Hall–Kier alpha value is -2.83. The summed E-state index contributed by atoms with van der Waals surface area (Å²) in [7, 11) is 0. The van der Waals surface area contributed by atoms with Gasteiger partial charge in [0.25, 0.3) is 0 Å². The zero-order chi connectivity index (χ0) is 18.7. The molecule has 0 aromatic heterocycles. The number of nitrogens with one attached hydrogen (secondary N) is 1. The number of alkyl halides is 3. The molecule has 2 aromatic carbocycles. The highest BCUT2D eigenvalue weighted by atomic mass is 19.4. The van der Waals surface area contributed by atoms with E-state index in [1.54, 1.807) is 4.90 Å². The molecule has 0 aliphatic carbocycles. The lowest BCUT2D eigenvalue weighted by molar-refractivity contribution is -0.137. The van der Waals surface area contributed by atoms with Gasteiger partial charge in [-0.1, -0.05) is 36.4 Å². The molecule has 1 heterocycles. The minimum Gasteiger partial charge on any atom is -0.338 e. The fourth-order valence-corrected chi connectivity index (χ4v) is 2.92. The maximum absolute atomic E-state index is 12.8. The van der Waals surface area contributed by atoms with Crippen LogP contribution in [0.25, 0.3) is 0 Å². The molecule has 4 nitrogen and oxygen atoms in total. The fraction of sp³-hybridized carbons (Fsp3) is 0.263. The summed E-state index contributed by atoms with van der Waals surface area (Å²) in [5.74, 6) is -1.17. The van der Waals surface area contributed by atoms with Gasteiger partial charge < -0.3 is 10.2 Å². The van der Waals surface area contributed by atoms with Crippen LogP contribution in [0.2, 0.25) is 0 Å². The van der Waals surface area contributed by atoms with Gasteiger partial charge in [0.2, 0.25) is 11.8 Å². The van der Waals surface area contributed by atoms with Crippen LogP contribution >= 0.6 is 0 Å². The smallest absolute Gasteiger partial charge is 0.338 e. The number of halogens is 3. The zero-order valence-corrected chi connectivity index (χ0v) is 13.8. The number of hydrogen-bond acceptors (Lipinski definition) is 2. The van der Waals surface area contributed by atoms with Crippen molar-refractivity contribution in [3.8, 4) is 0 Å². The summed E-state index contributed by atoms with van der Waals surface area (Å²) < 4.78 is 38.3. The number of nitrogens with zero attached hydrogens (tertiary/aromatic N) is 1. The predicted octanol–water partition coefficient (Wildman–Crippen LogP) is 3.69. The first-order chi connectivity index (χ1) is 12.3. The monoisotopic (exact) mass is 362 g/mol. The van der Waals surface area contributed by atoms with Crippen LogP contribution in [0.3, 0.4) is 0 Å². The summed E-state index contributed by atoms with van der Waals surface area (Å²) in [4.78, 5) is 26.1. The first-order valence-electron chi connectivity index (χ1n) is 8.13. The van der Waals surface area contributed by atoms with Gasteiger partial charge in [-0.05, 0) is 23.8 Å². The van der Waals surface area contributed by atoms with Gasteiger partial charge in [-0.2, -0.15) is 13.2 Å². The summed E-state index contributed by atoms with van der Waals surface area (Å²) in [6.45, 7) is 0.658. The summed E-state index contributed by atoms with van der Waals surface area (Å²) in [5, 5.41) is 2.48. The molecule has 1 aliphatic heterocycles. The largest absolute Gasteiger partial charge is 0.416 e. The Morgan fingerprint density at radius 3 is 2.54 bits per heavy atom. The highest BCUT2D eigenvalue weighted by Crippen LogP contribution is 2.31. The molecule has 1 N–H and O–H groups in total. The van der Waals surface area contributed by atoms with Gasteiger partial charge in [0.1, 0.15) is 0 Å². The second-order valence-corrected chi connectivity index (χ2v) is 6.23. The molecule has 0 bridgehead atoms. The summed E-state index contributed by atoms with van der Waals surface area (Å²) in [5.41, 5.74) is 0.196. The number of amides is 2. The molecule has 7 heteroatoms. The molecule has 1 saturated heterocycles. The number of likely N-dealkylation sites (tertiary alicyclic amines) is 1. The van der Waals surface area contributed by atoms with E-state index in [1.165, 1.54) is 12.1 Å². The molecule has 0 saturated carbocycles. The van der Waals surface area contributed by atoms with E-state index >= 15 is 0 Å². The Balaban J connectivity index is 1.63. The third-order valence-corrected chi connectivity index (χ3v) is 4.26. The van der Waals surface area contributed by atoms with E-state index in [4.69, 9.17) is 0 Å². The van der Waals surface area contributed by atoms with Crippen LogP contribution in [0.15, 0.2) is 54.6 Å². The van der Waals surface area contributed by atoms with Crippen LogP contribution in [0.5, 0.6) is 0 Å². The molecule has 1 fully saturated rings. The van der Waals surface area contributed by atoms with Crippen molar-refractivity contribution < 1.29 is 22.8 Å². The Kier molecular flexibility index (Phi) is 4.97. The first kappa shape index (κ1) is 18.0. The molecule has 1 atom stereocenters. The third kappa shape index (κ3) is 4.22. The second kappa shape index (κ2) is 7.19. The summed E-state index contributed by atoms with van der Waals surface area (Å²) in [6.07, 6.45) is -4.42. The van der Waals surface area contributed by atoms with Crippen molar-refractivity contribution in [1.82, 2.24) is 4.90 Å². The normalized spacial score (nSPS) is 17.4. The Morgan fingerprint density at radius 2 is 1.85 bits per heavy atom. The van der Waals surface area contributed by atoms with E-state index in [1.807, 2.05) is 30.3 Å². The van der Waals surface area contributed by atoms with Gasteiger partial charge in [0.05, 0.1) is 11.5 Å². The van der Waals surface area contributed by atoms with Crippen molar-refractivity contribution in [3.05, 3.63) is 65.7 Å². The lowest BCUT2D eigenvalue weighted by atomic mass is 10.1. The summed E-state index contributed by atoms with van der Waals surface area (Å²) >= 11 is 0. The van der Waals surface area contributed by atoms with E-state index in [-0.39, 0.29) is 24.6 Å². The van der Waals surface area contributed by atoms with Gasteiger partial charge in [-0.15, -0.1) is 0 Å². The molecule has 3 rings (SSSR count). The molecule has 0 radical (unpaired) electrons. The van der Waals surface area contributed by atoms with Crippen LogP contribution in [-0.2, 0) is 22.3 Å². The Labute approximate surface area is 148 Å². The van der Waals surface area contributed by atoms with E-state index in [2.05, 4.69) is 5.32 Å². The number of benzene rings is 2. The van der Waals surface area contributed by atoms with Crippen molar-refractivity contribution in [3.63, 3.8) is 0 Å². The van der Waals surface area contributed by atoms with Crippen molar-refractivity contribution in [1.29, 1.82) is 0 Å². The highest BCUT2D eigenvalue weighted by molar-refractivity contribution is 5.97. The molecule has 2 amide bonds. The maximum Gasteiger partial charge on any atom is 0.416 e. The lowest BCUT2D eigenvalue weighted by Gasteiger charge is -2.17. The Morgan fingerprint density at radius 1 is 1.12 bits per heavy atom. The minimum atomic E-state index is -4.48. The molecule has 26 heavy (non-hydrogen) atoms. The van der Waals surface area contributed by atoms with E-state index in [9.17, 15) is 22.8 Å². The quantitative estimate of drug-likeness (QED) is 0.902. The van der Waals surface area contributed by atoms with Crippen LogP contribution in [-0.4, -0.2) is 23.3 Å². The SMILES string of the molecule is O=C(Nc1cccc(C(F)(F)F)c1)[C@@H]1CC(=O)N(Cc2ccccc2)C1. The number of rotatable bonds is 4. The van der Waals surface area contributed by atoms with Gasteiger partial charge in [-0.3, -0.25) is 9.59 Å². The standard InChI is InChI=1S/C19H17F3N2O2/c20-19(21,22)15-7-4-8-16(10-15)23-18(26)14-9-17(25)24(12-14)11-13-5-2-1-3-6-13/h1-8,10,14H,9,11-12H2,(H,23,26)/t14-/m1/s1. The minimum absolute atomic E-state index is 0.0532. The van der Waals surface area contributed by atoms with Crippen molar-refractivity contribution >= 4 is 17.5 Å². The number of carbonyl (C=O) groups is 2. The number of anilines is 1. The average Bonchev–Trinajstić information content (AvgIpc) is 2.96. The molecular weight excluding hydrogens is 345 g/mol. The van der Waals surface area contributed by atoms with Crippen molar-refractivity contribution in [2.75, 3.05) is 11.9 Å². The second-order valence-electron chi connectivity index (χ2n) is 6.23. The number of carbonyl (C=O) groups excluding carboxylic acids is 2. The topological polar surface area (TPSA) is 49.4 Å². The fourth-order valence-electron chi connectivity index (χ4n) is 2.92. The first-order valence-corrected chi connectivity index (χ1v) is 8.13. The molecule has 0 unspecified atom stereocenters. The van der Waals surface area contributed by atoms with Crippen molar-refractivity contribution in [2.24, 2.45) is 5.92 Å². The van der Waals surface area contributed by atoms with E-state index in [0.717, 1.165) is 17.7 Å². The predicted molar refractivity (Wildman–Crippen MR) is 90.0 cm³/mol. The Bertz CT molecular complexity index is 806. The highest BCUT2D eigenvalue weighted by Gasteiger charge is 2.35. The van der Waals surface area contributed by atoms with Gasteiger partial charge in [0.15, 0.2) is 0 Å². The van der Waals surface area contributed by atoms with Crippen LogP contribution in [0.1, 0.15) is 17.5 Å².